The summed E-state index contributed by atoms with van der Waals surface area (Å²) in [4.78, 5) is 0. The minimum absolute atomic E-state index is 0.159. The number of rotatable bonds is 7. The van der Waals surface area contributed by atoms with Crippen molar-refractivity contribution in [3.05, 3.63) is 24.0 Å². The Morgan fingerprint density at radius 2 is 1.88 bits per heavy atom. The fourth-order valence-corrected chi connectivity index (χ4v) is 1.53. The third-order valence-electron chi connectivity index (χ3n) is 2.17. The molecule has 0 aromatic carbocycles. The Labute approximate surface area is 99.6 Å². The van der Waals surface area contributed by atoms with Crippen molar-refractivity contribution in [1.82, 2.24) is 5.01 Å². The van der Waals surface area contributed by atoms with Gasteiger partial charge in [0.15, 0.2) is 0 Å². The summed E-state index contributed by atoms with van der Waals surface area (Å²) in [7, 11) is 0. The highest BCUT2D eigenvalue weighted by Gasteiger charge is 2.06. The molecule has 3 N–H and O–H groups in total. The van der Waals surface area contributed by atoms with Gasteiger partial charge in [0.1, 0.15) is 5.76 Å². The van der Waals surface area contributed by atoms with Crippen molar-refractivity contribution in [2.24, 2.45) is 17.7 Å². The van der Waals surface area contributed by atoms with Crippen molar-refractivity contribution in [3.8, 4) is 0 Å². The molecule has 0 radical (unpaired) electrons. The third-order valence-corrected chi connectivity index (χ3v) is 2.17. The summed E-state index contributed by atoms with van der Waals surface area (Å²) in [5, 5.41) is 11.2. The van der Waals surface area contributed by atoms with Crippen LogP contribution in [-0.2, 0) is 0 Å². The summed E-state index contributed by atoms with van der Waals surface area (Å²) in [6.07, 6.45) is 2.80. The molecular formula is C13H26N2O. The fourth-order valence-electron chi connectivity index (χ4n) is 1.53. The second kappa shape index (κ2) is 7.47. The lowest BCUT2D eigenvalue weighted by atomic mass is 10.0. The van der Waals surface area contributed by atoms with E-state index in [4.69, 9.17) is 5.84 Å². The molecule has 0 aliphatic carbocycles. The monoisotopic (exact) mass is 226 g/mol. The van der Waals surface area contributed by atoms with Crippen molar-refractivity contribution >= 4 is 0 Å². The molecule has 3 nitrogen and oxygen atoms in total. The van der Waals surface area contributed by atoms with Crippen LogP contribution in [0.4, 0.5) is 0 Å². The molecule has 94 valence electrons. The number of hydrogen-bond acceptors (Lipinski definition) is 3. The Morgan fingerprint density at radius 1 is 1.31 bits per heavy atom. The van der Waals surface area contributed by atoms with Gasteiger partial charge in [0.05, 0.1) is 0 Å². The zero-order valence-electron chi connectivity index (χ0n) is 11.0. The normalized spacial score (nSPS) is 12.9. The fraction of sp³-hybridized carbons (Fsp3) is 0.692. The number of hydrazine groups is 1. The maximum atomic E-state index is 9.43. The van der Waals surface area contributed by atoms with Crippen LogP contribution in [0.25, 0.3) is 0 Å². The van der Waals surface area contributed by atoms with Gasteiger partial charge in [-0.2, -0.15) is 0 Å². The first kappa shape index (κ1) is 15.2. The second-order valence-electron chi connectivity index (χ2n) is 5.12. The van der Waals surface area contributed by atoms with Crippen molar-refractivity contribution in [2.45, 2.75) is 34.1 Å². The van der Waals surface area contributed by atoms with Crippen molar-refractivity contribution in [2.75, 3.05) is 13.1 Å². The van der Waals surface area contributed by atoms with E-state index in [1.165, 1.54) is 0 Å². The van der Waals surface area contributed by atoms with Crippen LogP contribution in [0.2, 0.25) is 0 Å². The van der Waals surface area contributed by atoms with Gasteiger partial charge in [-0.15, -0.1) is 0 Å². The van der Waals surface area contributed by atoms with Crippen LogP contribution < -0.4 is 5.84 Å². The molecular weight excluding hydrogens is 200 g/mol. The molecule has 0 spiro atoms. The van der Waals surface area contributed by atoms with Crippen LogP contribution in [0, 0.1) is 11.8 Å². The van der Waals surface area contributed by atoms with Gasteiger partial charge in [0.25, 0.3) is 0 Å². The minimum atomic E-state index is 0.159. The number of nitrogens with two attached hydrogens (primary N) is 1. The highest BCUT2D eigenvalue weighted by atomic mass is 16.3. The topological polar surface area (TPSA) is 49.5 Å². The summed E-state index contributed by atoms with van der Waals surface area (Å²) in [5.74, 6) is 7.04. The van der Waals surface area contributed by atoms with Crippen molar-refractivity contribution < 1.29 is 5.11 Å². The van der Waals surface area contributed by atoms with Gasteiger partial charge in [-0.05, 0) is 23.8 Å². The molecule has 3 heteroatoms. The average molecular weight is 226 g/mol. The Bertz CT molecular complexity index is 244. The molecule has 0 fully saturated rings. The molecule has 0 aromatic heterocycles. The molecule has 0 bridgehead atoms. The molecule has 0 aliphatic rings. The molecule has 0 aromatic rings. The van der Waals surface area contributed by atoms with Gasteiger partial charge >= 0.3 is 0 Å². The molecule has 0 saturated heterocycles. The molecule has 16 heavy (non-hydrogen) atoms. The van der Waals surface area contributed by atoms with E-state index in [2.05, 4.69) is 34.3 Å². The molecule has 0 unspecified atom stereocenters. The van der Waals surface area contributed by atoms with Crippen molar-refractivity contribution in [1.29, 1.82) is 0 Å². The first-order valence-corrected chi connectivity index (χ1v) is 5.89. The molecule has 0 aliphatic heterocycles. The Hall–Kier alpha value is -0.800. The number of aliphatic hydroxyl groups is 1. The van der Waals surface area contributed by atoms with Gasteiger partial charge in [-0.3, -0.25) is 5.84 Å². The Balaban J connectivity index is 4.28. The van der Waals surface area contributed by atoms with Crippen LogP contribution in [0.5, 0.6) is 0 Å². The lowest BCUT2D eigenvalue weighted by Gasteiger charge is -2.17. The first-order valence-electron chi connectivity index (χ1n) is 5.89. The van der Waals surface area contributed by atoms with Crippen molar-refractivity contribution in [3.63, 3.8) is 0 Å². The highest BCUT2D eigenvalue weighted by Crippen LogP contribution is 2.15. The van der Waals surface area contributed by atoms with Gasteiger partial charge in [-0.1, -0.05) is 40.3 Å². The summed E-state index contributed by atoms with van der Waals surface area (Å²) in [6, 6.07) is 0. The van der Waals surface area contributed by atoms with E-state index in [-0.39, 0.29) is 5.76 Å². The van der Waals surface area contributed by atoms with E-state index in [0.29, 0.717) is 18.4 Å². The number of hydrogen-bond donors (Lipinski definition) is 2. The second-order valence-corrected chi connectivity index (χ2v) is 5.12. The number of allylic oxidation sites excluding steroid dienone is 1. The lowest BCUT2D eigenvalue weighted by molar-refractivity contribution is 0.276. The van der Waals surface area contributed by atoms with Crippen LogP contribution in [-0.4, -0.2) is 23.2 Å². The molecule has 0 rings (SSSR count). The highest BCUT2D eigenvalue weighted by molar-refractivity contribution is 5.22. The van der Waals surface area contributed by atoms with E-state index in [1.54, 1.807) is 5.01 Å². The van der Waals surface area contributed by atoms with Crippen LogP contribution in [0.3, 0.4) is 0 Å². The first-order chi connectivity index (χ1) is 7.32. The van der Waals surface area contributed by atoms with E-state index >= 15 is 0 Å². The maximum Gasteiger partial charge on any atom is 0.111 e. The number of nitrogens with zero attached hydrogens (tertiary/aromatic N) is 1. The number of aliphatic hydroxyl groups excluding tert-OH is 1. The average Bonchev–Trinajstić information content (AvgIpc) is 2.09. The van der Waals surface area contributed by atoms with E-state index < -0.39 is 0 Å². The van der Waals surface area contributed by atoms with Crippen LogP contribution in [0.1, 0.15) is 34.1 Å². The Kier molecular flexibility index (Phi) is 7.10. The molecule has 0 amide bonds. The molecule has 0 atom stereocenters. The summed E-state index contributed by atoms with van der Waals surface area (Å²) >= 11 is 0. The van der Waals surface area contributed by atoms with Crippen LogP contribution >= 0.6 is 0 Å². The van der Waals surface area contributed by atoms with Gasteiger partial charge < -0.3 is 5.11 Å². The SMILES string of the molecule is C=C(O)/C(=C/CN(N)CC(C)C)CC(C)C. The summed E-state index contributed by atoms with van der Waals surface area (Å²) < 4.78 is 0. The van der Waals surface area contributed by atoms with E-state index in [1.807, 2.05) is 6.08 Å². The zero-order valence-corrected chi connectivity index (χ0v) is 11.0. The third kappa shape index (κ3) is 7.49. The largest absolute Gasteiger partial charge is 0.508 e. The molecule has 0 saturated carbocycles. The standard InChI is InChI=1S/C13H26N2O/c1-10(2)8-13(12(5)16)6-7-15(14)9-11(3)4/h6,10-11,16H,5,7-9,14H2,1-4H3/b13-6+. The molecule has 0 heterocycles. The Morgan fingerprint density at radius 3 is 2.25 bits per heavy atom. The predicted molar refractivity (Wildman–Crippen MR) is 69.9 cm³/mol. The quantitative estimate of drug-likeness (QED) is 0.304. The van der Waals surface area contributed by atoms with Gasteiger partial charge in [0, 0.05) is 13.1 Å². The van der Waals surface area contributed by atoms with E-state index in [0.717, 1.165) is 18.5 Å². The summed E-state index contributed by atoms with van der Waals surface area (Å²) in [6.45, 7) is 13.6. The summed E-state index contributed by atoms with van der Waals surface area (Å²) in [5.41, 5.74) is 0.897. The predicted octanol–water partition coefficient (Wildman–Crippen LogP) is 2.86. The maximum absolute atomic E-state index is 9.43. The lowest BCUT2D eigenvalue weighted by Crippen LogP contribution is -2.34. The smallest absolute Gasteiger partial charge is 0.111 e. The van der Waals surface area contributed by atoms with Gasteiger partial charge in [-0.25, -0.2) is 5.01 Å². The van der Waals surface area contributed by atoms with E-state index in [9.17, 15) is 5.11 Å². The minimum Gasteiger partial charge on any atom is -0.508 e. The van der Waals surface area contributed by atoms with Crippen LogP contribution in [0.15, 0.2) is 24.0 Å². The zero-order chi connectivity index (χ0) is 12.7. The van der Waals surface area contributed by atoms with Gasteiger partial charge in [0.2, 0.25) is 0 Å².